The maximum Gasteiger partial charge on any atom is 0.494 e. The third-order valence-corrected chi connectivity index (χ3v) is 4.88. The molecule has 0 aromatic heterocycles. The second kappa shape index (κ2) is 4.58. The monoisotopic (exact) mass is 287 g/mol. The van der Waals surface area contributed by atoms with Crippen LogP contribution in [-0.2, 0) is 9.31 Å². The van der Waals surface area contributed by atoms with Crippen LogP contribution in [0.1, 0.15) is 62.4 Å². The molecule has 0 bridgehead atoms. The van der Waals surface area contributed by atoms with Crippen LogP contribution in [0.15, 0.2) is 18.2 Å². The van der Waals surface area contributed by atoms with E-state index in [1.54, 1.807) is 6.07 Å². The minimum atomic E-state index is -0.394. The molecule has 2 aliphatic rings. The highest BCUT2D eigenvalue weighted by Crippen LogP contribution is 2.42. The van der Waals surface area contributed by atoms with Crippen molar-refractivity contribution in [3.63, 3.8) is 0 Å². The van der Waals surface area contributed by atoms with Gasteiger partial charge in [-0.15, -0.1) is 0 Å². The van der Waals surface area contributed by atoms with Crippen LogP contribution >= 0.6 is 0 Å². The van der Waals surface area contributed by atoms with E-state index in [1.165, 1.54) is 0 Å². The Labute approximate surface area is 126 Å². The van der Waals surface area contributed by atoms with E-state index in [1.807, 2.05) is 39.8 Å². The van der Waals surface area contributed by atoms with Gasteiger partial charge in [-0.05, 0) is 63.5 Å². The van der Waals surface area contributed by atoms with Crippen molar-refractivity contribution in [1.82, 2.24) is 0 Å². The molecule has 1 aromatic rings. The molecule has 3 rings (SSSR count). The third kappa shape index (κ3) is 2.49. The highest BCUT2D eigenvalue weighted by Gasteiger charge is 2.51. The number of amides is 1. The van der Waals surface area contributed by atoms with E-state index in [0.29, 0.717) is 11.5 Å². The van der Waals surface area contributed by atoms with Crippen LogP contribution in [0.3, 0.4) is 0 Å². The molecule has 5 heteroatoms. The summed E-state index contributed by atoms with van der Waals surface area (Å²) in [5.74, 6) is 0.0900. The number of primary amides is 1. The van der Waals surface area contributed by atoms with Gasteiger partial charge >= 0.3 is 7.12 Å². The second-order valence-electron chi connectivity index (χ2n) is 7.07. The van der Waals surface area contributed by atoms with Gasteiger partial charge in [0.15, 0.2) is 0 Å². The van der Waals surface area contributed by atoms with Crippen molar-refractivity contribution < 1.29 is 14.1 Å². The fourth-order valence-corrected chi connectivity index (χ4v) is 2.66. The zero-order valence-corrected chi connectivity index (χ0v) is 13.1. The molecule has 21 heavy (non-hydrogen) atoms. The Bertz CT molecular complexity index is 577. The number of nitrogens with two attached hydrogens (primary N) is 1. The lowest BCUT2D eigenvalue weighted by molar-refractivity contribution is 0.00578. The summed E-state index contributed by atoms with van der Waals surface area (Å²) in [6, 6.07) is 5.71. The molecular weight excluding hydrogens is 265 g/mol. The van der Waals surface area contributed by atoms with Crippen molar-refractivity contribution in [2.75, 3.05) is 0 Å². The SMILES string of the molecule is CC1(C)OB(c2ccc(C(N)=O)c(C3CC3)c2)OC1(C)C. The van der Waals surface area contributed by atoms with Crippen molar-refractivity contribution in [2.24, 2.45) is 5.73 Å². The number of carbonyl (C=O) groups excluding carboxylic acids is 1. The summed E-state index contributed by atoms with van der Waals surface area (Å²) < 4.78 is 12.1. The summed E-state index contributed by atoms with van der Waals surface area (Å²) in [5.41, 5.74) is 7.36. The summed E-state index contributed by atoms with van der Waals surface area (Å²) in [7, 11) is -0.394. The Morgan fingerprint density at radius 2 is 1.76 bits per heavy atom. The molecule has 1 saturated carbocycles. The molecule has 1 saturated heterocycles. The first-order chi connectivity index (χ1) is 9.71. The van der Waals surface area contributed by atoms with Gasteiger partial charge < -0.3 is 15.0 Å². The first kappa shape index (κ1) is 14.6. The minimum Gasteiger partial charge on any atom is -0.399 e. The van der Waals surface area contributed by atoms with Gasteiger partial charge in [0.2, 0.25) is 5.91 Å². The number of rotatable bonds is 3. The molecule has 1 heterocycles. The van der Waals surface area contributed by atoms with E-state index in [0.717, 1.165) is 23.9 Å². The molecular formula is C16H22BNO3. The van der Waals surface area contributed by atoms with Crippen LogP contribution in [-0.4, -0.2) is 24.2 Å². The fraction of sp³-hybridized carbons (Fsp3) is 0.562. The van der Waals surface area contributed by atoms with Crippen molar-refractivity contribution in [3.8, 4) is 0 Å². The topological polar surface area (TPSA) is 61.5 Å². The van der Waals surface area contributed by atoms with E-state index >= 15 is 0 Å². The molecule has 2 fully saturated rings. The highest BCUT2D eigenvalue weighted by atomic mass is 16.7. The Hall–Kier alpha value is -1.33. The lowest BCUT2D eigenvalue weighted by Crippen LogP contribution is -2.41. The van der Waals surface area contributed by atoms with Crippen LogP contribution < -0.4 is 11.2 Å². The lowest BCUT2D eigenvalue weighted by atomic mass is 9.77. The third-order valence-electron chi connectivity index (χ3n) is 4.88. The first-order valence-corrected chi connectivity index (χ1v) is 7.50. The smallest absolute Gasteiger partial charge is 0.399 e. The molecule has 4 nitrogen and oxygen atoms in total. The number of hydrogen-bond donors (Lipinski definition) is 1. The van der Waals surface area contributed by atoms with Gasteiger partial charge in [-0.25, -0.2) is 0 Å². The van der Waals surface area contributed by atoms with Gasteiger partial charge in [0.1, 0.15) is 0 Å². The normalized spacial score (nSPS) is 23.3. The molecule has 0 atom stereocenters. The quantitative estimate of drug-likeness (QED) is 0.864. The fourth-order valence-electron chi connectivity index (χ4n) is 2.66. The van der Waals surface area contributed by atoms with Gasteiger partial charge in [-0.1, -0.05) is 12.1 Å². The zero-order valence-electron chi connectivity index (χ0n) is 13.1. The van der Waals surface area contributed by atoms with Crippen molar-refractivity contribution in [1.29, 1.82) is 0 Å². The van der Waals surface area contributed by atoms with E-state index in [9.17, 15) is 4.79 Å². The van der Waals surface area contributed by atoms with Crippen LogP contribution in [0.2, 0.25) is 0 Å². The average molecular weight is 287 g/mol. The summed E-state index contributed by atoms with van der Waals surface area (Å²) in [6.07, 6.45) is 2.24. The summed E-state index contributed by atoms with van der Waals surface area (Å²) >= 11 is 0. The second-order valence-corrected chi connectivity index (χ2v) is 7.07. The number of carbonyl (C=O) groups is 1. The van der Waals surface area contributed by atoms with Crippen molar-refractivity contribution >= 4 is 18.5 Å². The average Bonchev–Trinajstić information content (AvgIpc) is 3.17. The van der Waals surface area contributed by atoms with Crippen molar-refractivity contribution in [3.05, 3.63) is 29.3 Å². The van der Waals surface area contributed by atoms with E-state index in [-0.39, 0.29) is 17.1 Å². The summed E-state index contributed by atoms with van der Waals surface area (Å²) in [4.78, 5) is 11.6. The number of hydrogen-bond acceptors (Lipinski definition) is 3. The van der Waals surface area contributed by atoms with Gasteiger partial charge in [-0.2, -0.15) is 0 Å². The Morgan fingerprint density at radius 3 is 2.24 bits per heavy atom. The Balaban J connectivity index is 1.94. The van der Waals surface area contributed by atoms with Gasteiger partial charge in [0, 0.05) is 5.56 Å². The Kier molecular flexibility index (Phi) is 3.19. The van der Waals surface area contributed by atoms with E-state index in [2.05, 4.69) is 0 Å². The molecule has 112 valence electrons. The standard InChI is InChI=1S/C16H22BNO3/c1-15(2)16(3,4)21-17(20-15)11-7-8-12(14(18)19)13(9-11)10-5-6-10/h7-10H,5-6H2,1-4H3,(H2,18,19). The minimum absolute atomic E-state index is 0.361. The zero-order chi connectivity index (χ0) is 15.4. The summed E-state index contributed by atoms with van der Waals surface area (Å²) in [6.45, 7) is 8.14. The summed E-state index contributed by atoms with van der Waals surface area (Å²) in [5, 5.41) is 0. The van der Waals surface area contributed by atoms with Crippen LogP contribution in [0, 0.1) is 0 Å². The van der Waals surface area contributed by atoms with Gasteiger partial charge in [0.25, 0.3) is 0 Å². The van der Waals surface area contributed by atoms with Crippen molar-refractivity contribution in [2.45, 2.75) is 57.7 Å². The Morgan fingerprint density at radius 1 is 1.19 bits per heavy atom. The molecule has 0 unspecified atom stereocenters. The lowest BCUT2D eigenvalue weighted by Gasteiger charge is -2.32. The predicted octanol–water partition coefficient (Wildman–Crippen LogP) is 1.96. The molecule has 1 aromatic carbocycles. The largest absolute Gasteiger partial charge is 0.494 e. The molecule has 1 amide bonds. The maximum absolute atomic E-state index is 11.6. The maximum atomic E-state index is 11.6. The van der Waals surface area contributed by atoms with Crippen LogP contribution in [0.25, 0.3) is 0 Å². The first-order valence-electron chi connectivity index (χ1n) is 7.50. The van der Waals surface area contributed by atoms with Gasteiger partial charge in [0.05, 0.1) is 11.2 Å². The molecule has 1 aliphatic carbocycles. The van der Waals surface area contributed by atoms with E-state index < -0.39 is 7.12 Å². The molecule has 2 N–H and O–H groups in total. The predicted molar refractivity (Wildman–Crippen MR) is 82.7 cm³/mol. The highest BCUT2D eigenvalue weighted by molar-refractivity contribution is 6.62. The number of benzene rings is 1. The molecule has 0 spiro atoms. The van der Waals surface area contributed by atoms with E-state index in [4.69, 9.17) is 15.0 Å². The van der Waals surface area contributed by atoms with Gasteiger partial charge in [-0.3, -0.25) is 4.79 Å². The molecule has 1 aliphatic heterocycles. The van der Waals surface area contributed by atoms with Crippen LogP contribution in [0.4, 0.5) is 0 Å². The van der Waals surface area contributed by atoms with Crippen LogP contribution in [0.5, 0.6) is 0 Å². The molecule has 0 radical (unpaired) electrons.